The third kappa shape index (κ3) is 2.03. The van der Waals surface area contributed by atoms with Gasteiger partial charge in [0.05, 0.1) is 5.75 Å². The van der Waals surface area contributed by atoms with Crippen molar-refractivity contribution in [1.82, 2.24) is 4.57 Å². The van der Waals surface area contributed by atoms with Crippen LogP contribution in [0.5, 0.6) is 0 Å². The fourth-order valence-corrected chi connectivity index (χ4v) is 2.20. The van der Waals surface area contributed by atoms with Crippen molar-refractivity contribution in [3.63, 3.8) is 0 Å². The van der Waals surface area contributed by atoms with Gasteiger partial charge in [0.15, 0.2) is 5.78 Å². The number of nitrogens with zero attached hydrogens (tertiary/aromatic N) is 1. The summed E-state index contributed by atoms with van der Waals surface area (Å²) in [6.45, 7) is 7.10. The molecule has 0 amide bonds. The number of Topliss-reactive ketones (excluding diaryl/α,β-unsaturated/α-hetero) is 1. The third-order valence-electron chi connectivity index (χ3n) is 2.47. The molecule has 78 valence electrons. The van der Waals surface area contributed by atoms with Crippen LogP contribution in [0.2, 0.25) is 0 Å². The molecule has 2 nitrogen and oxygen atoms in total. The van der Waals surface area contributed by atoms with E-state index in [9.17, 15) is 4.79 Å². The van der Waals surface area contributed by atoms with E-state index in [2.05, 4.69) is 11.5 Å². The monoisotopic (exact) mass is 211 g/mol. The standard InChI is InChI=1S/C11H17NOS/c1-5-12-8(2)6-10(9(12)3)11(13)7-14-4/h6H,5,7H2,1-4H3. The molecular weight excluding hydrogens is 194 g/mol. The minimum atomic E-state index is 0.241. The van der Waals surface area contributed by atoms with Crippen molar-refractivity contribution in [2.75, 3.05) is 12.0 Å². The van der Waals surface area contributed by atoms with E-state index in [0.717, 1.165) is 17.8 Å². The molecule has 0 N–H and O–H groups in total. The van der Waals surface area contributed by atoms with Gasteiger partial charge in [-0.05, 0) is 33.1 Å². The molecule has 1 aromatic rings. The van der Waals surface area contributed by atoms with E-state index in [1.165, 1.54) is 5.69 Å². The number of carbonyl (C=O) groups excluding carboxylic acids is 1. The number of hydrogen-bond acceptors (Lipinski definition) is 2. The molecule has 0 aliphatic heterocycles. The van der Waals surface area contributed by atoms with E-state index in [4.69, 9.17) is 0 Å². The van der Waals surface area contributed by atoms with Gasteiger partial charge >= 0.3 is 0 Å². The highest BCUT2D eigenvalue weighted by atomic mass is 32.2. The molecule has 0 fully saturated rings. The van der Waals surface area contributed by atoms with E-state index in [1.807, 2.05) is 26.2 Å². The number of hydrogen-bond donors (Lipinski definition) is 0. The minimum absolute atomic E-state index is 0.241. The zero-order chi connectivity index (χ0) is 10.7. The van der Waals surface area contributed by atoms with Crippen LogP contribution in [0.4, 0.5) is 0 Å². The van der Waals surface area contributed by atoms with Gasteiger partial charge < -0.3 is 4.57 Å². The lowest BCUT2D eigenvalue weighted by Gasteiger charge is -2.05. The first kappa shape index (κ1) is 11.4. The summed E-state index contributed by atoms with van der Waals surface area (Å²) in [6, 6.07) is 2.00. The Bertz CT molecular complexity index is 341. The maximum Gasteiger partial charge on any atom is 0.174 e. The Morgan fingerprint density at radius 3 is 2.57 bits per heavy atom. The predicted molar refractivity (Wildman–Crippen MR) is 62.3 cm³/mol. The van der Waals surface area contributed by atoms with Crippen LogP contribution in [0.15, 0.2) is 6.07 Å². The van der Waals surface area contributed by atoms with Gasteiger partial charge in [0, 0.05) is 23.5 Å². The molecule has 0 bridgehead atoms. The van der Waals surface area contributed by atoms with Crippen LogP contribution in [0.25, 0.3) is 0 Å². The van der Waals surface area contributed by atoms with Crippen molar-refractivity contribution in [3.05, 3.63) is 23.0 Å². The molecule has 0 spiro atoms. The number of carbonyl (C=O) groups is 1. The van der Waals surface area contributed by atoms with Crippen LogP contribution < -0.4 is 0 Å². The van der Waals surface area contributed by atoms with Gasteiger partial charge in [-0.2, -0.15) is 11.8 Å². The van der Waals surface area contributed by atoms with E-state index >= 15 is 0 Å². The highest BCUT2D eigenvalue weighted by Gasteiger charge is 2.13. The minimum Gasteiger partial charge on any atom is -0.349 e. The van der Waals surface area contributed by atoms with Crippen LogP contribution in [0.1, 0.15) is 28.7 Å². The van der Waals surface area contributed by atoms with E-state index < -0.39 is 0 Å². The van der Waals surface area contributed by atoms with Gasteiger partial charge in [0.25, 0.3) is 0 Å². The lowest BCUT2D eigenvalue weighted by atomic mass is 10.2. The second-order valence-electron chi connectivity index (χ2n) is 3.39. The molecule has 0 saturated heterocycles. The quantitative estimate of drug-likeness (QED) is 0.714. The molecule has 0 unspecified atom stereocenters. The summed E-state index contributed by atoms with van der Waals surface area (Å²) in [5.74, 6) is 0.818. The summed E-state index contributed by atoms with van der Waals surface area (Å²) in [4.78, 5) is 11.7. The highest BCUT2D eigenvalue weighted by molar-refractivity contribution is 7.99. The van der Waals surface area contributed by atoms with Crippen LogP contribution in [0, 0.1) is 13.8 Å². The average molecular weight is 211 g/mol. The Kier molecular flexibility index (Phi) is 3.81. The Balaban J connectivity index is 3.04. The second kappa shape index (κ2) is 4.69. The lowest BCUT2D eigenvalue weighted by molar-refractivity contribution is 0.102. The Morgan fingerprint density at radius 1 is 1.50 bits per heavy atom. The molecule has 14 heavy (non-hydrogen) atoms. The van der Waals surface area contributed by atoms with Gasteiger partial charge in [-0.3, -0.25) is 4.79 Å². The summed E-state index contributed by atoms with van der Waals surface area (Å²) < 4.78 is 2.17. The van der Waals surface area contributed by atoms with E-state index in [0.29, 0.717) is 5.75 Å². The van der Waals surface area contributed by atoms with E-state index in [-0.39, 0.29) is 5.78 Å². The Labute approximate surface area is 89.7 Å². The second-order valence-corrected chi connectivity index (χ2v) is 4.25. The fraction of sp³-hybridized carbons (Fsp3) is 0.545. The molecule has 1 aromatic heterocycles. The summed E-state index contributed by atoms with van der Waals surface area (Å²) in [5, 5.41) is 0. The number of thioether (sulfide) groups is 1. The van der Waals surface area contributed by atoms with Gasteiger partial charge in [0.1, 0.15) is 0 Å². The largest absolute Gasteiger partial charge is 0.349 e. The van der Waals surface area contributed by atoms with Gasteiger partial charge in [-0.1, -0.05) is 0 Å². The Hall–Kier alpha value is -0.700. The normalized spacial score (nSPS) is 10.6. The number of aromatic nitrogens is 1. The molecule has 1 rings (SSSR count). The maximum absolute atomic E-state index is 11.7. The first-order chi connectivity index (χ1) is 6.61. The van der Waals surface area contributed by atoms with Crippen molar-refractivity contribution < 1.29 is 4.79 Å². The molecule has 0 aliphatic carbocycles. The van der Waals surface area contributed by atoms with Crippen molar-refractivity contribution in [2.24, 2.45) is 0 Å². The van der Waals surface area contributed by atoms with Crippen LogP contribution in [-0.4, -0.2) is 22.4 Å². The zero-order valence-corrected chi connectivity index (χ0v) is 10.1. The van der Waals surface area contributed by atoms with E-state index in [1.54, 1.807) is 11.8 Å². The molecule has 1 heterocycles. The molecule has 0 atom stereocenters. The SMILES string of the molecule is CCn1c(C)cc(C(=O)CSC)c1C. The summed E-state index contributed by atoms with van der Waals surface area (Å²) in [5.41, 5.74) is 3.16. The zero-order valence-electron chi connectivity index (χ0n) is 9.26. The van der Waals surface area contributed by atoms with Crippen molar-refractivity contribution in [3.8, 4) is 0 Å². The fourth-order valence-electron chi connectivity index (χ4n) is 1.78. The van der Waals surface area contributed by atoms with Gasteiger partial charge in [-0.15, -0.1) is 0 Å². The molecule has 3 heteroatoms. The maximum atomic E-state index is 11.7. The first-order valence-electron chi connectivity index (χ1n) is 4.80. The van der Waals surface area contributed by atoms with Crippen molar-refractivity contribution in [1.29, 1.82) is 0 Å². The predicted octanol–water partition coefficient (Wildman–Crippen LogP) is 2.67. The molecule has 0 saturated carbocycles. The summed E-state index contributed by atoms with van der Waals surface area (Å²) >= 11 is 1.58. The summed E-state index contributed by atoms with van der Waals surface area (Å²) in [6.07, 6.45) is 1.96. The van der Waals surface area contributed by atoms with Crippen LogP contribution >= 0.6 is 11.8 Å². The van der Waals surface area contributed by atoms with Gasteiger partial charge in [0.2, 0.25) is 0 Å². The third-order valence-corrected chi connectivity index (χ3v) is 3.02. The highest BCUT2D eigenvalue weighted by Crippen LogP contribution is 2.16. The molecule has 0 aromatic carbocycles. The number of rotatable bonds is 4. The molecule has 0 radical (unpaired) electrons. The number of aryl methyl sites for hydroxylation is 1. The van der Waals surface area contributed by atoms with Crippen LogP contribution in [0.3, 0.4) is 0 Å². The lowest BCUT2D eigenvalue weighted by Crippen LogP contribution is -2.05. The molecular formula is C11H17NOS. The van der Waals surface area contributed by atoms with Gasteiger partial charge in [-0.25, -0.2) is 0 Å². The number of ketones is 1. The van der Waals surface area contributed by atoms with Crippen molar-refractivity contribution >= 4 is 17.5 Å². The Morgan fingerprint density at radius 2 is 2.14 bits per heavy atom. The molecule has 0 aliphatic rings. The average Bonchev–Trinajstić information content (AvgIpc) is 2.42. The smallest absolute Gasteiger partial charge is 0.174 e. The van der Waals surface area contributed by atoms with Crippen LogP contribution in [-0.2, 0) is 6.54 Å². The summed E-state index contributed by atoms with van der Waals surface area (Å²) in [7, 11) is 0. The van der Waals surface area contributed by atoms with Crippen molar-refractivity contribution in [2.45, 2.75) is 27.3 Å². The topological polar surface area (TPSA) is 22.0 Å². The first-order valence-corrected chi connectivity index (χ1v) is 6.20.